The summed E-state index contributed by atoms with van der Waals surface area (Å²) in [6.07, 6.45) is -0.361. The highest BCUT2D eigenvalue weighted by molar-refractivity contribution is 6.32. The van der Waals surface area contributed by atoms with Crippen LogP contribution in [-0.2, 0) is 16.0 Å². The quantitative estimate of drug-likeness (QED) is 0.573. The molecule has 1 fully saturated rings. The van der Waals surface area contributed by atoms with Crippen molar-refractivity contribution in [3.05, 3.63) is 64.4 Å². The number of nitrogens with zero attached hydrogens (tertiary/aromatic N) is 2. The molecule has 3 aromatic rings. The molecule has 32 heavy (non-hydrogen) atoms. The fraction of sp³-hybridized carbons (Fsp3) is 0.360. The maximum Gasteiger partial charge on any atom is 0.263 e. The molecule has 1 aromatic heterocycles. The van der Waals surface area contributed by atoms with Gasteiger partial charge < -0.3 is 19.0 Å². The Morgan fingerprint density at radius 2 is 1.75 bits per heavy atom. The Morgan fingerprint density at radius 3 is 2.47 bits per heavy atom. The maximum absolute atomic E-state index is 12.9. The molecule has 7 heteroatoms. The number of rotatable bonds is 5. The number of ether oxygens (including phenoxy) is 1. The molecule has 1 aliphatic rings. The molecule has 6 nitrogen and oxygen atoms in total. The summed E-state index contributed by atoms with van der Waals surface area (Å²) >= 11 is 6.22. The summed E-state index contributed by atoms with van der Waals surface area (Å²) in [5.74, 6) is 1.21. The number of hydrogen-bond donors (Lipinski definition) is 0. The van der Waals surface area contributed by atoms with Crippen molar-refractivity contribution in [3.63, 3.8) is 0 Å². The van der Waals surface area contributed by atoms with Gasteiger partial charge in [-0.1, -0.05) is 35.9 Å². The normalized spacial score (nSPS) is 15.1. The van der Waals surface area contributed by atoms with Gasteiger partial charge in [-0.15, -0.1) is 0 Å². The number of benzene rings is 2. The van der Waals surface area contributed by atoms with Crippen LogP contribution in [-0.4, -0.2) is 53.9 Å². The number of halogens is 1. The minimum Gasteiger partial charge on any atom is -0.479 e. The van der Waals surface area contributed by atoms with Gasteiger partial charge in [-0.2, -0.15) is 0 Å². The number of furan rings is 1. The largest absolute Gasteiger partial charge is 0.479 e. The van der Waals surface area contributed by atoms with Crippen LogP contribution in [0, 0.1) is 13.8 Å². The van der Waals surface area contributed by atoms with E-state index in [2.05, 4.69) is 0 Å². The summed E-state index contributed by atoms with van der Waals surface area (Å²) in [5.41, 5.74) is 2.76. The smallest absolute Gasteiger partial charge is 0.263 e. The topological polar surface area (TPSA) is 63.0 Å². The van der Waals surface area contributed by atoms with Crippen LogP contribution in [0.25, 0.3) is 11.0 Å². The SMILES string of the molecule is Cc1ccc(OC(C)C(=O)N2CCN(C(=O)Cc3c(C)oc4ccccc34)CC2)c(Cl)c1. The van der Waals surface area contributed by atoms with Gasteiger partial charge in [0.1, 0.15) is 17.1 Å². The molecular weight excluding hydrogens is 428 g/mol. The molecule has 2 amide bonds. The highest BCUT2D eigenvalue weighted by Crippen LogP contribution is 2.27. The number of carbonyl (C=O) groups excluding carboxylic acids is 2. The van der Waals surface area contributed by atoms with Crippen molar-refractivity contribution in [2.24, 2.45) is 0 Å². The van der Waals surface area contributed by atoms with Crippen LogP contribution in [0.4, 0.5) is 0 Å². The lowest BCUT2D eigenvalue weighted by Gasteiger charge is -2.36. The lowest BCUT2D eigenvalue weighted by atomic mass is 10.1. The number of fused-ring (bicyclic) bond motifs is 1. The van der Waals surface area contributed by atoms with Gasteiger partial charge >= 0.3 is 0 Å². The van der Waals surface area contributed by atoms with Crippen LogP contribution in [0.15, 0.2) is 46.9 Å². The van der Waals surface area contributed by atoms with E-state index in [9.17, 15) is 9.59 Å². The number of carbonyl (C=O) groups is 2. The van der Waals surface area contributed by atoms with Gasteiger partial charge in [0.05, 0.1) is 11.4 Å². The first kappa shape index (κ1) is 22.2. The lowest BCUT2D eigenvalue weighted by Crippen LogP contribution is -2.53. The first-order valence-corrected chi connectivity index (χ1v) is 11.2. The predicted molar refractivity (Wildman–Crippen MR) is 124 cm³/mol. The molecule has 1 saturated heterocycles. The van der Waals surface area contributed by atoms with E-state index in [-0.39, 0.29) is 11.8 Å². The summed E-state index contributed by atoms with van der Waals surface area (Å²) in [6.45, 7) is 7.51. The average Bonchev–Trinajstić information content (AvgIpc) is 3.10. The van der Waals surface area contributed by atoms with Gasteiger partial charge in [0.25, 0.3) is 5.91 Å². The van der Waals surface area contributed by atoms with E-state index >= 15 is 0 Å². The number of hydrogen-bond acceptors (Lipinski definition) is 4. The zero-order chi connectivity index (χ0) is 22.8. The molecule has 1 unspecified atom stereocenters. The van der Waals surface area contributed by atoms with Gasteiger partial charge in [0.15, 0.2) is 6.10 Å². The highest BCUT2D eigenvalue weighted by Gasteiger charge is 2.29. The number of amides is 2. The van der Waals surface area contributed by atoms with Gasteiger partial charge in [0.2, 0.25) is 5.91 Å². The van der Waals surface area contributed by atoms with E-state index in [4.69, 9.17) is 20.8 Å². The molecular formula is C25H27ClN2O4. The fourth-order valence-electron chi connectivity index (χ4n) is 4.08. The van der Waals surface area contributed by atoms with Crippen molar-refractivity contribution in [1.82, 2.24) is 9.80 Å². The van der Waals surface area contributed by atoms with Crippen molar-refractivity contribution in [3.8, 4) is 5.75 Å². The Hall–Kier alpha value is -2.99. The predicted octanol–water partition coefficient (Wildman–Crippen LogP) is 4.38. The van der Waals surface area contributed by atoms with Gasteiger partial charge in [0, 0.05) is 37.1 Å². The van der Waals surface area contributed by atoms with Crippen LogP contribution in [0.2, 0.25) is 5.02 Å². The summed E-state index contributed by atoms with van der Waals surface area (Å²) in [7, 11) is 0. The zero-order valence-corrected chi connectivity index (χ0v) is 19.3. The Bertz CT molecular complexity index is 1150. The number of piperazine rings is 1. The standard InChI is InChI=1S/C25H27ClN2O4/c1-16-8-9-23(21(26)14-16)32-18(3)25(30)28-12-10-27(11-13-28)24(29)15-20-17(2)31-22-7-5-4-6-19(20)22/h4-9,14,18H,10-13,15H2,1-3H3. The minimum absolute atomic E-state index is 0.0440. The van der Waals surface area contributed by atoms with Crippen LogP contribution >= 0.6 is 11.6 Å². The van der Waals surface area contributed by atoms with Gasteiger partial charge in [-0.3, -0.25) is 9.59 Å². The first-order chi connectivity index (χ1) is 15.3. The zero-order valence-electron chi connectivity index (χ0n) is 18.6. The van der Waals surface area contributed by atoms with Crippen molar-refractivity contribution in [2.75, 3.05) is 26.2 Å². The Kier molecular flexibility index (Phi) is 6.42. The molecule has 2 heterocycles. The molecule has 0 aliphatic carbocycles. The molecule has 1 aliphatic heterocycles. The van der Waals surface area contributed by atoms with Crippen molar-refractivity contribution in [2.45, 2.75) is 33.3 Å². The monoisotopic (exact) mass is 454 g/mol. The van der Waals surface area contributed by atoms with Gasteiger partial charge in [-0.05, 0) is 44.5 Å². The summed E-state index contributed by atoms with van der Waals surface area (Å²) < 4.78 is 11.6. The second-order valence-corrected chi connectivity index (χ2v) is 8.62. The molecule has 0 N–H and O–H groups in total. The Morgan fingerprint density at radius 1 is 1.06 bits per heavy atom. The number of aryl methyl sites for hydroxylation is 2. The molecule has 2 aromatic carbocycles. The molecule has 1 atom stereocenters. The Labute approximate surface area is 192 Å². The maximum atomic E-state index is 12.9. The van der Waals surface area contributed by atoms with Crippen LogP contribution < -0.4 is 4.74 Å². The van der Waals surface area contributed by atoms with Crippen molar-refractivity contribution in [1.29, 1.82) is 0 Å². The van der Waals surface area contributed by atoms with E-state index in [1.54, 1.807) is 17.9 Å². The van der Waals surface area contributed by atoms with Crippen LogP contribution in [0.5, 0.6) is 5.75 Å². The van der Waals surface area contributed by atoms with Crippen LogP contribution in [0.3, 0.4) is 0 Å². The lowest BCUT2D eigenvalue weighted by molar-refractivity contribution is -0.143. The van der Waals surface area contributed by atoms with E-state index in [0.717, 1.165) is 27.9 Å². The van der Waals surface area contributed by atoms with E-state index < -0.39 is 6.10 Å². The van der Waals surface area contributed by atoms with Crippen molar-refractivity contribution >= 4 is 34.4 Å². The molecule has 168 valence electrons. The molecule has 0 saturated carbocycles. The van der Waals surface area contributed by atoms with Crippen molar-refractivity contribution < 1.29 is 18.7 Å². The number of para-hydroxylation sites is 1. The summed E-state index contributed by atoms with van der Waals surface area (Å²) in [6, 6.07) is 13.2. The van der Waals surface area contributed by atoms with E-state index in [0.29, 0.717) is 43.4 Å². The molecule has 0 radical (unpaired) electrons. The first-order valence-electron chi connectivity index (χ1n) is 10.8. The average molecular weight is 455 g/mol. The second-order valence-electron chi connectivity index (χ2n) is 8.21. The molecule has 0 spiro atoms. The summed E-state index contributed by atoms with van der Waals surface area (Å²) in [4.78, 5) is 29.3. The second kappa shape index (κ2) is 9.25. The minimum atomic E-state index is -0.655. The molecule has 0 bridgehead atoms. The van der Waals surface area contributed by atoms with E-state index in [1.807, 2.05) is 55.1 Å². The third kappa shape index (κ3) is 4.60. The fourth-order valence-corrected chi connectivity index (χ4v) is 4.36. The molecule has 4 rings (SSSR count). The Balaban J connectivity index is 1.33. The third-order valence-electron chi connectivity index (χ3n) is 5.91. The highest BCUT2D eigenvalue weighted by atomic mass is 35.5. The summed E-state index contributed by atoms with van der Waals surface area (Å²) in [5, 5.41) is 1.47. The third-order valence-corrected chi connectivity index (χ3v) is 6.21. The van der Waals surface area contributed by atoms with E-state index in [1.165, 1.54) is 0 Å². The van der Waals surface area contributed by atoms with Crippen LogP contribution in [0.1, 0.15) is 23.8 Å². The van der Waals surface area contributed by atoms with Gasteiger partial charge in [-0.25, -0.2) is 0 Å².